The predicted molar refractivity (Wildman–Crippen MR) is 82.7 cm³/mol. The van der Waals surface area contributed by atoms with E-state index in [9.17, 15) is 4.39 Å². The number of benzene rings is 1. The predicted octanol–water partition coefficient (Wildman–Crippen LogP) is 4.70. The first kappa shape index (κ1) is 17.0. The van der Waals surface area contributed by atoms with Gasteiger partial charge in [-0.1, -0.05) is 26.8 Å². The van der Waals surface area contributed by atoms with Gasteiger partial charge in [0.15, 0.2) is 0 Å². The van der Waals surface area contributed by atoms with Crippen LogP contribution in [0.25, 0.3) is 0 Å². The number of halogens is 1. The number of nitrogens with one attached hydrogen (secondary N) is 1. The zero-order chi connectivity index (χ0) is 15.6. The van der Waals surface area contributed by atoms with E-state index >= 15 is 0 Å². The summed E-state index contributed by atoms with van der Waals surface area (Å²) in [7, 11) is 1.57. The first-order valence-electron chi connectivity index (χ1n) is 7.16. The van der Waals surface area contributed by atoms with Crippen LogP contribution < -0.4 is 10.1 Å². The van der Waals surface area contributed by atoms with Crippen LogP contribution >= 0.6 is 0 Å². The normalized spacial score (nSPS) is 14.2. The van der Waals surface area contributed by atoms with Gasteiger partial charge in [0.05, 0.1) is 7.11 Å². The van der Waals surface area contributed by atoms with Gasteiger partial charge in [0.25, 0.3) is 0 Å². The third-order valence-corrected chi connectivity index (χ3v) is 3.25. The Kier molecular flexibility index (Phi) is 5.20. The Morgan fingerprint density at radius 1 is 1.20 bits per heavy atom. The monoisotopic (exact) mass is 281 g/mol. The second-order valence-corrected chi connectivity index (χ2v) is 7.34. The smallest absolute Gasteiger partial charge is 0.131 e. The summed E-state index contributed by atoms with van der Waals surface area (Å²) in [6.07, 6.45) is 1.00. The molecule has 0 radical (unpaired) electrons. The van der Waals surface area contributed by atoms with Crippen molar-refractivity contribution < 1.29 is 9.13 Å². The zero-order valence-corrected chi connectivity index (χ0v) is 13.8. The lowest BCUT2D eigenvalue weighted by atomic mass is 9.81. The molecule has 3 heteroatoms. The molecular formula is C17H28FNO. The van der Waals surface area contributed by atoms with E-state index in [0.29, 0.717) is 11.3 Å². The fourth-order valence-electron chi connectivity index (χ4n) is 3.15. The Bertz CT molecular complexity index is 449. The Hall–Kier alpha value is -1.09. The van der Waals surface area contributed by atoms with Gasteiger partial charge in [0.2, 0.25) is 0 Å². The molecule has 0 aliphatic rings. The van der Waals surface area contributed by atoms with Crippen molar-refractivity contribution in [1.29, 1.82) is 0 Å². The maximum Gasteiger partial charge on any atom is 0.131 e. The first-order valence-corrected chi connectivity index (χ1v) is 7.16. The first-order chi connectivity index (χ1) is 9.06. The van der Waals surface area contributed by atoms with Gasteiger partial charge < -0.3 is 10.1 Å². The van der Waals surface area contributed by atoms with Crippen LogP contribution in [-0.2, 0) is 0 Å². The van der Waals surface area contributed by atoms with E-state index in [2.05, 4.69) is 39.9 Å². The van der Waals surface area contributed by atoms with Crippen LogP contribution in [0, 0.1) is 11.2 Å². The van der Waals surface area contributed by atoms with Crippen molar-refractivity contribution in [1.82, 2.24) is 5.32 Å². The summed E-state index contributed by atoms with van der Waals surface area (Å²) in [4.78, 5) is 0. The summed E-state index contributed by atoms with van der Waals surface area (Å²) in [6.45, 7) is 12.9. The highest BCUT2D eigenvalue weighted by atomic mass is 19.1. The second kappa shape index (κ2) is 6.13. The number of rotatable bonds is 5. The molecule has 1 atom stereocenters. The molecule has 114 valence electrons. The van der Waals surface area contributed by atoms with E-state index in [0.717, 1.165) is 6.42 Å². The minimum absolute atomic E-state index is 0.0784. The molecule has 0 aromatic heterocycles. The molecule has 0 bridgehead atoms. The van der Waals surface area contributed by atoms with E-state index in [4.69, 9.17) is 4.74 Å². The number of hydrogen-bond acceptors (Lipinski definition) is 2. The second-order valence-electron chi connectivity index (χ2n) is 7.34. The highest BCUT2D eigenvalue weighted by molar-refractivity contribution is 5.37. The van der Waals surface area contributed by atoms with Crippen molar-refractivity contribution in [2.45, 2.75) is 59.5 Å². The van der Waals surface area contributed by atoms with Crippen LogP contribution in [0.15, 0.2) is 18.2 Å². The number of methoxy groups -OCH3 is 1. The minimum atomic E-state index is -0.226. The maximum atomic E-state index is 14.1. The van der Waals surface area contributed by atoms with E-state index in [1.807, 2.05) is 6.92 Å². The summed E-state index contributed by atoms with van der Waals surface area (Å²) in [6, 6.07) is 4.84. The molecule has 0 amide bonds. The van der Waals surface area contributed by atoms with E-state index in [-0.39, 0.29) is 22.8 Å². The van der Waals surface area contributed by atoms with Crippen molar-refractivity contribution in [2.24, 2.45) is 5.41 Å². The summed E-state index contributed by atoms with van der Waals surface area (Å²) < 4.78 is 19.4. The summed E-state index contributed by atoms with van der Waals surface area (Å²) in [5, 5.41) is 3.52. The molecule has 1 aromatic carbocycles. The van der Waals surface area contributed by atoms with Crippen molar-refractivity contribution in [3.8, 4) is 5.75 Å². The molecule has 0 saturated heterocycles. The van der Waals surface area contributed by atoms with Crippen LogP contribution in [-0.4, -0.2) is 12.6 Å². The van der Waals surface area contributed by atoms with Gasteiger partial charge >= 0.3 is 0 Å². The number of hydrogen-bond donors (Lipinski definition) is 1. The lowest BCUT2D eigenvalue weighted by Gasteiger charge is -2.36. The van der Waals surface area contributed by atoms with Crippen LogP contribution in [0.1, 0.15) is 59.6 Å². The Morgan fingerprint density at radius 2 is 1.80 bits per heavy atom. The van der Waals surface area contributed by atoms with Crippen molar-refractivity contribution in [2.75, 3.05) is 7.11 Å². The van der Waals surface area contributed by atoms with E-state index < -0.39 is 0 Å². The summed E-state index contributed by atoms with van der Waals surface area (Å²) >= 11 is 0. The summed E-state index contributed by atoms with van der Waals surface area (Å²) in [5.74, 6) is 0.368. The van der Waals surface area contributed by atoms with Gasteiger partial charge in [-0.3, -0.25) is 0 Å². The molecule has 0 aliphatic carbocycles. The van der Waals surface area contributed by atoms with Crippen LogP contribution in [0.2, 0.25) is 0 Å². The van der Waals surface area contributed by atoms with Gasteiger partial charge in [0, 0.05) is 17.1 Å². The Balaban J connectivity index is 2.94. The Labute approximate surface area is 122 Å². The van der Waals surface area contributed by atoms with Gasteiger partial charge in [-0.05, 0) is 44.7 Å². The molecule has 1 N–H and O–H groups in total. The third kappa shape index (κ3) is 4.78. The average Bonchev–Trinajstić information content (AvgIpc) is 2.23. The summed E-state index contributed by atoms with van der Waals surface area (Å²) in [5.41, 5.74) is 0.734. The third-order valence-electron chi connectivity index (χ3n) is 3.25. The van der Waals surface area contributed by atoms with Crippen LogP contribution in [0.3, 0.4) is 0 Å². The lowest BCUT2D eigenvalue weighted by molar-refractivity contribution is 0.224. The highest BCUT2D eigenvalue weighted by Gasteiger charge is 2.28. The SMILES string of the molecule is COc1cccc(F)c1C(C)NC(C)(C)CC(C)(C)C. The highest BCUT2D eigenvalue weighted by Crippen LogP contribution is 2.32. The van der Waals surface area contributed by atoms with Crippen LogP contribution in [0.5, 0.6) is 5.75 Å². The molecule has 0 aliphatic heterocycles. The molecule has 1 aromatic rings. The molecule has 20 heavy (non-hydrogen) atoms. The topological polar surface area (TPSA) is 21.3 Å². The van der Waals surface area contributed by atoms with Gasteiger partial charge in [-0.15, -0.1) is 0 Å². The van der Waals surface area contributed by atoms with Crippen molar-refractivity contribution in [3.05, 3.63) is 29.6 Å². The zero-order valence-electron chi connectivity index (χ0n) is 13.8. The fourth-order valence-corrected chi connectivity index (χ4v) is 3.15. The van der Waals surface area contributed by atoms with Gasteiger partial charge in [0.1, 0.15) is 11.6 Å². The minimum Gasteiger partial charge on any atom is -0.496 e. The molecule has 1 rings (SSSR count). The molecule has 0 spiro atoms. The van der Waals surface area contributed by atoms with E-state index in [1.165, 1.54) is 6.07 Å². The van der Waals surface area contributed by atoms with E-state index in [1.54, 1.807) is 19.2 Å². The van der Waals surface area contributed by atoms with Gasteiger partial charge in [-0.25, -0.2) is 4.39 Å². The standard InChI is InChI=1S/C17H28FNO/c1-12(19-17(5,6)11-16(2,3)4)15-13(18)9-8-10-14(15)20-7/h8-10,12,19H,11H2,1-7H3. The average molecular weight is 281 g/mol. The lowest BCUT2D eigenvalue weighted by Crippen LogP contribution is -2.43. The molecule has 0 saturated carbocycles. The van der Waals surface area contributed by atoms with Crippen LogP contribution in [0.4, 0.5) is 4.39 Å². The molecule has 1 unspecified atom stereocenters. The molecule has 2 nitrogen and oxygen atoms in total. The number of ether oxygens (including phenoxy) is 1. The molecule has 0 fully saturated rings. The van der Waals surface area contributed by atoms with Gasteiger partial charge in [-0.2, -0.15) is 0 Å². The molecule has 0 heterocycles. The largest absolute Gasteiger partial charge is 0.496 e. The quantitative estimate of drug-likeness (QED) is 0.844. The van der Waals surface area contributed by atoms with Crippen molar-refractivity contribution >= 4 is 0 Å². The Morgan fingerprint density at radius 3 is 2.30 bits per heavy atom. The maximum absolute atomic E-state index is 14.1. The fraction of sp³-hybridized carbons (Fsp3) is 0.647. The molecular weight excluding hydrogens is 253 g/mol. The van der Waals surface area contributed by atoms with Crippen molar-refractivity contribution in [3.63, 3.8) is 0 Å².